The minimum atomic E-state index is -0.209. The molecule has 1 saturated heterocycles. The first-order valence-corrected chi connectivity index (χ1v) is 9.51. The molecular weight excluding hydrogens is 437 g/mol. The van der Waals surface area contributed by atoms with Crippen molar-refractivity contribution in [3.05, 3.63) is 65.2 Å². The summed E-state index contributed by atoms with van der Waals surface area (Å²) in [5.41, 5.74) is 1.92. The van der Waals surface area contributed by atoms with Gasteiger partial charge in [-0.05, 0) is 24.1 Å². The van der Waals surface area contributed by atoms with Crippen LogP contribution in [0.3, 0.4) is 0 Å². The standard InChI is InChI=1S/C18H19ClIN3O/c19-15-8-4-5-9-16(15)22-18(24)21-14-10-11-23(12-14)17(20)13-6-2-1-3-7-13/h1-9,14,17H,10-12H2,(H2,21,22,24)/t14-,17?/m0/s1. The maximum Gasteiger partial charge on any atom is 0.319 e. The Labute approximate surface area is 160 Å². The minimum absolute atomic E-state index is 0.147. The van der Waals surface area contributed by atoms with Crippen molar-refractivity contribution in [1.29, 1.82) is 0 Å². The lowest BCUT2D eigenvalue weighted by atomic mass is 10.2. The Kier molecular flexibility index (Phi) is 5.97. The fraction of sp³-hybridized carbons (Fsp3) is 0.278. The van der Waals surface area contributed by atoms with Crippen molar-refractivity contribution in [3.8, 4) is 0 Å². The Morgan fingerprint density at radius 3 is 2.62 bits per heavy atom. The van der Waals surface area contributed by atoms with Gasteiger partial charge >= 0.3 is 6.03 Å². The molecule has 126 valence electrons. The van der Waals surface area contributed by atoms with Crippen LogP contribution in [0.1, 0.15) is 16.0 Å². The van der Waals surface area contributed by atoms with Gasteiger partial charge in [0.1, 0.15) is 0 Å². The van der Waals surface area contributed by atoms with Gasteiger partial charge in [0, 0.05) is 19.1 Å². The van der Waals surface area contributed by atoms with Gasteiger partial charge in [-0.25, -0.2) is 4.79 Å². The van der Waals surface area contributed by atoms with Gasteiger partial charge in [0.25, 0.3) is 0 Å². The highest BCUT2D eigenvalue weighted by molar-refractivity contribution is 14.1. The summed E-state index contributed by atoms with van der Waals surface area (Å²) < 4.78 is 0.322. The summed E-state index contributed by atoms with van der Waals surface area (Å²) in [6.07, 6.45) is 0.947. The highest BCUT2D eigenvalue weighted by Crippen LogP contribution is 2.30. The fourth-order valence-electron chi connectivity index (χ4n) is 2.84. The van der Waals surface area contributed by atoms with Crippen LogP contribution in [0.4, 0.5) is 10.5 Å². The smallest absolute Gasteiger partial charge is 0.319 e. The van der Waals surface area contributed by atoms with Crippen molar-refractivity contribution in [2.24, 2.45) is 0 Å². The number of anilines is 1. The summed E-state index contributed by atoms with van der Waals surface area (Å²) in [5.74, 6) is 0. The predicted octanol–water partition coefficient (Wildman–Crippen LogP) is 4.67. The summed E-state index contributed by atoms with van der Waals surface area (Å²) in [7, 11) is 0. The number of benzene rings is 2. The van der Waals surface area contributed by atoms with E-state index in [-0.39, 0.29) is 12.1 Å². The number of nitrogens with zero attached hydrogens (tertiary/aromatic N) is 1. The summed E-state index contributed by atoms with van der Waals surface area (Å²) in [6, 6.07) is 17.6. The first-order chi connectivity index (χ1) is 11.6. The average molecular weight is 456 g/mol. The molecule has 0 spiro atoms. The second kappa shape index (κ2) is 8.18. The summed E-state index contributed by atoms with van der Waals surface area (Å²) in [4.78, 5) is 14.6. The number of rotatable bonds is 4. The van der Waals surface area contributed by atoms with Crippen LogP contribution >= 0.6 is 34.2 Å². The number of hydrogen-bond acceptors (Lipinski definition) is 2. The molecule has 24 heavy (non-hydrogen) atoms. The molecule has 2 aromatic rings. The molecule has 1 heterocycles. The van der Waals surface area contributed by atoms with Crippen LogP contribution in [-0.2, 0) is 0 Å². The van der Waals surface area contributed by atoms with Gasteiger partial charge in [-0.2, -0.15) is 0 Å². The Hall–Kier alpha value is -1.31. The number of urea groups is 1. The maximum atomic E-state index is 12.2. The molecule has 1 aliphatic rings. The molecule has 0 aromatic heterocycles. The normalized spacial score (nSPS) is 19.0. The number of para-hydroxylation sites is 1. The molecule has 4 nitrogen and oxygen atoms in total. The Balaban J connectivity index is 1.53. The van der Waals surface area contributed by atoms with E-state index in [0.29, 0.717) is 14.8 Å². The first-order valence-electron chi connectivity index (χ1n) is 7.88. The van der Waals surface area contributed by atoms with Gasteiger partial charge in [-0.15, -0.1) is 0 Å². The van der Waals surface area contributed by atoms with Crippen LogP contribution in [0.2, 0.25) is 5.02 Å². The molecule has 0 aliphatic carbocycles. The Bertz CT molecular complexity index is 698. The van der Waals surface area contributed by atoms with E-state index in [2.05, 4.69) is 62.4 Å². The van der Waals surface area contributed by atoms with E-state index in [9.17, 15) is 4.79 Å². The van der Waals surface area contributed by atoms with E-state index >= 15 is 0 Å². The van der Waals surface area contributed by atoms with Crippen LogP contribution in [-0.4, -0.2) is 30.1 Å². The van der Waals surface area contributed by atoms with E-state index in [4.69, 9.17) is 11.6 Å². The minimum Gasteiger partial charge on any atom is -0.334 e. The van der Waals surface area contributed by atoms with Gasteiger partial charge in [-0.1, -0.05) is 76.7 Å². The number of nitrogens with one attached hydrogen (secondary N) is 2. The molecule has 2 amide bonds. The Morgan fingerprint density at radius 2 is 1.88 bits per heavy atom. The third-order valence-electron chi connectivity index (χ3n) is 4.07. The van der Waals surface area contributed by atoms with Crippen LogP contribution in [0, 0.1) is 0 Å². The van der Waals surface area contributed by atoms with Crippen molar-refractivity contribution in [2.75, 3.05) is 18.4 Å². The molecule has 1 unspecified atom stereocenters. The van der Waals surface area contributed by atoms with E-state index in [0.717, 1.165) is 19.5 Å². The number of amides is 2. The third-order valence-corrected chi connectivity index (χ3v) is 5.91. The summed E-state index contributed by atoms with van der Waals surface area (Å²) in [5, 5.41) is 6.39. The Morgan fingerprint density at radius 1 is 1.17 bits per heavy atom. The van der Waals surface area contributed by atoms with E-state index < -0.39 is 0 Å². The zero-order valence-electron chi connectivity index (χ0n) is 13.1. The maximum absolute atomic E-state index is 12.2. The third kappa shape index (κ3) is 4.40. The second-order valence-corrected chi connectivity index (χ2v) is 7.39. The highest BCUT2D eigenvalue weighted by Gasteiger charge is 2.28. The van der Waals surface area contributed by atoms with E-state index in [1.165, 1.54) is 5.56 Å². The van der Waals surface area contributed by atoms with Gasteiger partial charge < -0.3 is 10.6 Å². The number of halogens is 2. The van der Waals surface area contributed by atoms with Crippen molar-refractivity contribution in [1.82, 2.24) is 10.2 Å². The van der Waals surface area contributed by atoms with Gasteiger partial charge in [0.2, 0.25) is 0 Å². The second-order valence-electron chi connectivity index (χ2n) is 5.81. The predicted molar refractivity (Wildman–Crippen MR) is 107 cm³/mol. The van der Waals surface area contributed by atoms with Crippen LogP contribution < -0.4 is 10.6 Å². The topological polar surface area (TPSA) is 44.4 Å². The van der Waals surface area contributed by atoms with Gasteiger partial charge in [-0.3, -0.25) is 4.90 Å². The van der Waals surface area contributed by atoms with Gasteiger partial charge in [0.15, 0.2) is 0 Å². The van der Waals surface area contributed by atoms with Gasteiger partial charge in [0.05, 0.1) is 14.8 Å². The molecule has 2 N–H and O–H groups in total. The molecule has 0 radical (unpaired) electrons. The lowest BCUT2D eigenvalue weighted by Crippen LogP contribution is -2.39. The monoisotopic (exact) mass is 455 g/mol. The number of likely N-dealkylation sites (tertiary alicyclic amines) is 1. The quantitative estimate of drug-likeness (QED) is 0.400. The van der Waals surface area contributed by atoms with Crippen molar-refractivity contribution in [2.45, 2.75) is 16.5 Å². The summed E-state index contributed by atoms with van der Waals surface area (Å²) in [6.45, 7) is 1.82. The van der Waals surface area contributed by atoms with Crippen molar-refractivity contribution < 1.29 is 4.79 Å². The molecule has 1 aliphatic heterocycles. The SMILES string of the molecule is O=C(Nc1ccccc1Cl)N[C@H]1CCN(C(I)c2ccccc2)C1. The fourth-order valence-corrected chi connectivity index (χ4v) is 3.94. The van der Waals surface area contributed by atoms with Crippen molar-refractivity contribution in [3.63, 3.8) is 0 Å². The van der Waals surface area contributed by atoms with E-state index in [1.54, 1.807) is 12.1 Å². The average Bonchev–Trinajstić information content (AvgIpc) is 3.05. The number of hydrogen-bond donors (Lipinski definition) is 2. The summed E-state index contributed by atoms with van der Waals surface area (Å²) >= 11 is 8.52. The van der Waals surface area contributed by atoms with Crippen molar-refractivity contribution >= 4 is 45.9 Å². The van der Waals surface area contributed by atoms with Crippen LogP contribution in [0.15, 0.2) is 54.6 Å². The lowest BCUT2D eigenvalue weighted by Gasteiger charge is -2.23. The molecule has 0 bridgehead atoms. The molecule has 6 heteroatoms. The zero-order valence-corrected chi connectivity index (χ0v) is 16.0. The molecule has 2 aromatic carbocycles. The molecule has 3 rings (SSSR count). The largest absolute Gasteiger partial charge is 0.334 e. The lowest BCUT2D eigenvalue weighted by molar-refractivity contribution is 0.247. The molecule has 2 atom stereocenters. The van der Waals surface area contributed by atoms with Crippen LogP contribution in [0.25, 0.3) is 0 Å². The van der Waals surface area contributed by atoms with Crippen LogP contribution in [0.5, 0.6) is 0 Å². The molecule has 1 fully saturated rings. The number of carbonyl (C=O) groups is 1. The molecular formula is C18H19ClIN3O. The van der Waals surface area contributed by atoms with E-state index in [1.807, 2.05) is 18.2 Å². The number of alkyl halides is 1. The molecule has 0 saturated carbocycles. The first kappa shape index (κ1) is 17.5. The zero-order chi connectivity index (χ0) is 16.9. The number of carbonyl (C=O) groups excluding carboxylic acids is 1. The highest BCUT2D eigenvalue weighted by atomic mass is 127.